The molecule has 0 bridgehead atoms. The molecule has 0 aliphatic rings. The van der Waals surface area contributed by atoms with Gasteiger partial charge in [-0.15, -0.1) is 0 Å². The highest BCUT2D eigenvalue weighted by atomic mass is 32.2. The van der Waals surface area contributed by atoms with Gasteiger partial charge in [0.05, 0.1) is 5.69 Å². The van der Waals surface area contributed by atoms with Crippen LogP contribution in [0.1, 0.15) is 22.3 Å². The van der Waals surface area contributed by atoms with E-state index in [4.69, 9.17) is 9.15 Å². The molecule has 4 aromatic rings. The number of nitrogens with one attached hydrogen (secondary N) is 2. The summed E-state index contributed by atoms with van der Waals surface area (Å²) in [6, 6.07) is 18.8. The van der Waals surface area contributed by atoms with Gasteiger partial charge in [-0.2, -0.15) is 8.42 Å². The number of anilines is 1. The van der Waals surface area contributed by atoms with Crippen molar-refractivity contribution in [3.8, 4) is 5.75 Å². The van der Waals surface area contributed by atoms with Gasteiger partial charge in [-0.25, -0.2) is 18.7 Å². The molecule has 41 heavy (non-hydrogen) atoms. The van der Waals surface area contributed by atoms with Crippen LogP contribution in [0.15, 0.2) is 75.9 Å². The summed E-state index contributed by atoms with van der Waals surface area (Å²) in [4.78, 5) is 28.7. The molecule has 0 saturated carbocycles. The Labute approximate surface area is 237 Å². The second-order valence-electron chi connectivity index (χ2n) is 9.69. The summed E-state index contributed by atoms with van der Waals surface area (Å²) < 4.78 is 54.5. The van der Waals surface area contributed by atoms with Gasteiger partial charge in [0.2, 0.25) is 0 Å². The van der Waals surface area contributed by atoms with Crippen LogP contribution in [0.5, 0.6) is 5.75 Å². The van der Waals surface area contributed by atoms with Crippen molar-refractivity contribution in [2.45, 2.75) is 19.5 Å². The summed E-state index contributed by atoms with van der Waals surface area (Å²) in [5.74, 6) is -0.605. The lowest BCUT2D eigenvalue weighted by Crippen LogP contribution is -2.27. The number of halogens is 1. The molecule has 12 heteroatoms. The lowest BCUT2D eigenvalue weighted by atomic mass is 9.97. The van der Waals surface area contributed by atoms with Crippen LogP contribution in [0, 0.1) is 5.82 Å². The van der Waals surface area contributed by atoms with Crippen molar-refractivity contribution in [1.82, 2.24) is 14.5 Å². The normalized spacial score (nSPS) is 11.6. The van der Waals surface area contributed by atoms with E-state index in [-0.39, 0.29) is 34.6 Å². The van der Waals surface area contributed by atoms with Gasteiger partial charge in [0.1, 0.15) is 11.3 Å². The number of nitrogens with zero attached hydrogens (tertiary/aromatic N) is 2. The maximum atomic E-state index is 15.4. The number of hydrogen-bond donors (Lipinski definition) is 2. The Balaban J connectivity index is 1.78. The van der Waals surface area contributed by atoms with Gasteiger partial charge < -0.3 is 14.1 Å². The van der Waals surface area contributed by atoms with Crippen LogP contribution < -0.4 is 19.8 Å². The van der Waals surface area contributed by atoms with Gasteiger partial charge in [0.25, 0.3) is 10.2 Å². The number of hydrogen-bond acceptors (Lipinski definition) is 7. The van der Waals surface area contributed by atoms with E-state index in [1.54, 1.807) is 26.2 Å². The molecule has 0 radical (unpaired) electrons. The fourth-order valence-corrected chi connectivity index (χ4v) is 4.85. The van der Waals surface area contributed by atoms with Gasteiger partial charge in [0.15, 0.2) is 5.82 Å². The predicted molar refractivity (Wildman–Crippen MR) is 155 cm³/mol. The lowest BCUT2D eigenvalue weighted by molar-refractivity contribution is 0.172. The van der Waals surface area contributed by atoms with Crippen molar-refractivity contribution in [1.29, 1.82) is 0 Å². The molecule has 1 aromatic heterocycles. The fraction of sp³-hybridized carbons (Fsp3) is 0.241. The van der Waals surface area contributed by atoms with Gasteiger partial charge in [-0.05, 0) is 41.9 Å². The fourth-order valence-electron chi connectivity index (χ4n) is 4.30. The van der Waals surface area contributed by atoms with E-state index >= 15 is 4.39 Å². The smallest absolute Gasteiger partial charge is 0.414 e. The van der Waals surface area contributed by atoms with Crippen molar-refractivity contribution in [2.75, 3.05) is 32.9 Å². The summed E-state index contributed by atoms with van der Waals surface area (Å²) in [5, 5.41) is 0.594. The maximum absolute atomic E-state index is 15.4. The third kappa shape index (κ3) is 7.28. The first-order chi connectivity index (χ1) is 19.5. The number of benzene rings is 3. The largest absolute Gasteiger partial charge is 0.422 e. The molecule has 3 aromatic carbocycles. The molecule has 0 aliphatic heterocycles. The summed E-state index contributed by atoms with van der Waals surface area (Å²) in [7, 11) is 2.25. The second kappa shape index (κ2) is 12.5. The number of amides is 1. The van der Waals surface area contributed by atoms with Crippen molar-refractivity contribution >= 4 is 33.0 Å². The standard InChI is InChI=1S/C29H31FN4O6S/c1-31-41(37,38)32-25-12-8-11-20(27(25)30)15-23-24(18-34(4)17-19-9-6-5-7-10-19)22-14-13-21(39-29(36)33(2)3)16-26(22)40-28(23)35/h5-14,16,31-32H,15,17-18H2,1-4H3. The first-order valence-corrected chi connectivity index (χ1v) is 14.1. The maximum Gasteiger partial charge on any atom is 0.414 e. The Kier molecular flexibility index (Phi) is 9.06. The number of carbonyl (C=O) groups is 1. The molecular weight excluding hydrogens is 551 g/mol. The second-order valence-corrected chi connectivity index (χ2v) is 11.3. The van der Waals surface area contributed by atoms with E-state index in [1.807, 2.05) is 42.3 Å². The van der Waals surface area contributed by atoms with Gasteiger partial charge in [-0.3, -0.25) is 9.62 Å². The lowest BCUT2D eigenvalue weighted by Gasteiger charge is -2.20. The SMILES string of the molecule is CNS(=O)(=O)Nc1cccc(Cc2c(CN(C)Cc3ccccc3)c3ccc(OC(=O)N(C)C)cc3oc2=O)c1F. The monoisotopic (exact) mass is 582 g/mol. The van der Waals surface area contributed by atoms with E-state index in [0.29, 0.717) is 24.0 Å². The first-order valence-electron chi connectivity index (χ1n) is 12.7. The van der Waals surface area contributed by atoms with Crippen molar-refractivity contribution in [3.05, 3.63) is 105 Å². The molecule has 0 aliphatic carbocycles. The summed E-state index contributed by atoms with van der Waals surface area (Å²) >= 11 is 0. The minimum atomic E-state index is -3.96. The molecular formula is C29H31FN4O6S. The molecule has 1 heterocycles. The van der Waals surface area contributed by atoms with E-state index in [0.717, 1.165) is 5.56 Å². The highest BCUT2D eigenvalue weighted by molar-refractivity contribution is 7.90. The average molecular weight is 583 g/mol. The van der Waals surface area contributed by atoms with Gasteiger partial charge >= 0.3 is 11.7 Å². The molecule has 10 nitrogen and oxygen atoms in total. The summed E-state index contributed by atoms with van der Waals surface area (Å²) in [6.07, 6.45) is -0.735. The van der Waals surface area contributed by atoms with Crippen molar-refractivity contribution < 1.29 is 26.8 Å². The Morgan fingerprint density at radius 3 is 2.39 bits per heavy atom. The van der Waals surface area contributed by atoms with Crippen LogP contribution in [0.4, 0.5) is 14.9 Å². The molecule has 1 amide bonds. The van der Waals surface area contributed by atoms with Gasteiger partial charge in [0, 0.05) is 57.7 Å². The molecule has 0 fully saturated rings. The number of carbonyl (C=O) groups excluding carboxylic acids is 1. The zero-order valence-electron chi connectivity index (χ0n) is 23.1. The molecule has 0 saturated heterocycles. The Hall–Kier alpha value is -4.26. The van der Waals surface area contributed by atoms with Crippen molar-refractivity contribution in [2.24, 2.45) is 0 Å². The highest BCUT2D eigenvalue weighted by Gasteiger charge is 2.21. The summed E-state index contributed by atoms with van der Waals surface area (Å²) in [6.45, 7) is 0.896. The zero-order chi connectivity index (χ0) is 29.7. The van der Waals surface area contributed by atoms with E-state index in [1.165, 1.54) is 36.2 Å². The Morgan fingerprint density at radius 2 is 1.71 bits per heavy atom. The molecule has 4 rings (SSSR count). The minimum absolute atomic E-state index is 0.108. The van der Waals surface area contributed by atoms with Crippen LogP contribution in [0.2, 0.25) is 0 Å². The van der Waals surface area contributed by atoms with E-state index in [9.17, 15) is 18.0 Å². The van der Waals surface area contributed by atoms with E-state index < -0.39 is 27.7 Å². The predicted octanol–water partition coefficient (Wildman–Crippen LogP) is 4.09. The van der Waals surface area contributed by atoms with Crippen LogP contribution in [-0.4, -0.2) is 52.5 Å². The quantitative estimate of drug-likeness (QED) is 0.270. The average Bonchev–Trinajstić information content (AvgIpc) is 2.92. The Morgan fingerprint density at radius 1 is 0.976 bits per heavy atom. The molecule has 0 unspecified atom stereocenters. The minimum Gasteiger partial charge on any atom is -0.422 e. The first kappa shape index (κ1) is 29.7. The molecule has 216 valence electrons. The van der Waals surface area contributed by atoms with Crippen LogP contribution >= 0.6 is 0 Å². The third-order valence-electron chi connectivity index (χ3n) is 6.34. The van der Waals surface area contributed by atoms with E-state index in [2.05, 4.69) is 9.44 Å². The van der Waals surface area contributed by atoms with Crippen LogP contribution in [0.25, 0.3) is 11.0 Å². The number of fused-ring (bicyclic) bond motifs is 1. The number of rotatable bonds is 10. The Bertz CT molecular complexity index is 1730. The third-order valence-corrected chi connectivity index (χ3v) is 7.37. The molecule has 2 N–H and O–H groups in total. The summed E-state index contributed by atoms with van der Waals surface area (Å²) in [5.41, 5.74) is 1.29. The highest BCUT2D eigenvalue weighted by Crippen LogP contribution is 2.29. The molecule has 0 atom stereocenters. The number of ether oxygens (including phenoxy) is 1. The zero-order valence-corrected chi connectivity index (χ0v) is 23.9. The van der Waals surface area contributed by atoms with Crippen LogP contribution in [0.3, 0.4) is 0 Å². The van der Waals surface area contributed by atoms with Gasteiger partial charge in [-0.1, -0.05) is 42.5 Å². The van der Waals surface area contributed by atoms with Crippen LogP contribution in [-0.2, 0) is 29.7 Å². The molecule has 0 spiro atoms. The topological polar surface area (TPSA) is 121 Å². The van der Waals surface area contributed by atoms with Crippen molar-refractivity contribution in [3.63, 3.8) is 0 Å².